The van der Waals surface area contributed by atoms with Crippen molar-refractivity contribution in [3.63, 3.8) is 0 Å². The molecular weight excluding hydrogens is 456 g/mol. The minimum absolute atomic E-state index is 0.0507. The third-order valence-corrected chi connectivity index (χ3v) is 6.85. The van der Waals surface area contributed by atoms with Gasteiger partial charge in [-0.1, -0.05) is 12.5 Å². The van der Waals surface area contributed by atoms with E-state index in [0.29, 0.717) is 31.6 Å². The van der Waals surface area contributed by atoms with Crippen LogP contribution in [-0.4, -0.2) is 62.6 Å². The van der Waals surface area contributed by atoms with E-state index < -0.39 is 0 Å². The van der Waals surface area contributed by atoms with Crippen LogP contribution in [-0.2, 0) is 11.2 Å². The Morgan fingerprint density at radius 3 is 2.42 bits per heavy atom. The molecule has 1 N–H and O–H groups in total. The van der Waals surface area contributed by atoms with Gasteiger partial charge < -0.3 is 24.4 Å². The van der Waals surface area contributed by atoms with Crippen LogP contribution in [0.3, 0.4) is 0 Å². The molecule has 1 atom stereocenters. The molecule has 7 nitrogen and oxygen atoms in total. The molecule has 1 fully saturated rings. The first kappa shape index (κ1) is 26.0. The van der Waals surface area contributed by atoms with Crippen LogP contribution >= 0.6 is 0 Å². The maximum atomic E-state index is 12.8. The Labute approximate surface area is 214 Å². The number of amides is 1. The van der Waals surface area contributed by atoms with Gasteiger partial charge in [0.2, 0.25) is 5.91 Å². The van der Waals surface area contributed by atoms with Crippen LogP contribution in [0.1, 0.15) is 60.9 Å². The number of likely N-dealkylation sites (tertiary alicyclic amines) is 1. The lowest BCUT2D eigenvalue weighted by atomic mass is 10.0. The van der Waals surface area contributed by atoms with Crippen molar-refractivity contribution in [3.05, 3.63) is 53.6 Å². The highest BCUT2D eigenvalue weighted by Gasteiger charge is 2.21. The van der Waals surface area contributed by atoms with Gasteiger partial charge in [0.15, 0.2) is 17.3 Å². The van der Waals surface area contributed by atoms with Gasteiger partial charge in [-0.2, -0.15) is 0 Å². The molecule has 0 spiro atoms. The quantitative estimate of drug-likeness (QED) is 0.328. The summed E-state index contributed by atoms with van der Waals surface area (Å²) in [4.78, 5) is 27.6. The fourth-order valence-corrected chi connectivity index (χ4v) is 4.91. The Morgan fingerprint density at radius 1 is 0.944 bits per heavy atom. The molecule has 1 saturated heterocycles. The number of nitrogens with one attached hydrogen (secondary N) is 1. The zero-order valence-corrected chi connectivity index (χ0v) is 21.3. The van der Waals surface area contributed by atoms with Crippen LogP contribution < -0.4 is 19.5 Å². The number of methoxy groups -OCH3 is 1. The summed E-state index contributed by atoms with van der Waals surface area (Å²) in [7, 11) is 1.61. The maximum absolute atomic E-state index is 12.8. The minimum atomic E-state index is 0.0507. The molecular formula is C29H38N2O5. The molecule has 2 aromatic carbocycles. The highest BCUT2D eigenvalue weighted by Crippen LogP contribution is 2.31. The molecule has 0 radical (unpaired) electrons. The number of nitrogens with zero attached hydrogens (tertiary/aromatic N) is 1. The van der Waals surface area contributed by atoms with E-state index in [1.807, 2.05) is 12.1 Å². The number of carbonyl (C=O) groups excluding carboxylic acids is 2. The highest BCUT2D eigenvalue weighted by molar-refractivity contribution is 5.96. The summed E-state index contributed by atoms with van der Waals surface area (Å²) in [5, 5.41) is 3.28. The van der Waals surface area contributed by atoms with Crippen molar-refractivity contribution in [1.82, 2.24) is 10.2 Å². The first-order valence-electron chi connectivity index (χ1n) is 13.2. The number of unbranched alkanes of at least 4 members (excludes halogenated alkanes) is 2. The first-order valence-corrected chi connectivity index (χ1v) is 13.2. The molecule has 0 bridgehead atoms. The van der Waals surface area contributed by atoms with E-state index in [2.05, 4.69) is 16.3 Å². The second-order valence-corrected chi connectivity index (χ2v) is 9.67. The molecule has 2 aromatic rings. The number of carbonyl (C=O) groups is 2. The molecule has 0 unspecified atom stereocenters. The summed E-state index contributed by atoms with van der Waals surface area (Å²) in [5.41, 5.74) is 1.85. The number of Topliss-reactive ketones (excluding diaryl/α,β-unsaturated/α-hetero) is 1. The van der Waals surface area contributed by atoms with Crippen molar-refractivity contribution >= 4 is 11.7 Å². The van der Waals surface area contributed by atoms with Crippen LogP contribution in [0.2, 0.25) is 0 Å². The van der Waals surface area contributed by atoms with Crippen LogP contribution in [0.4, 0.5) is 0 Å². The number of rotatable bonds is 13. The van der Waals surface area contributed by atoms with Gasteiger partial charge in [-0.25, -0.2) is 0 Å². The van der Waals surface area contributed by atoms with Crippen LogP contribution in [0.15, 0.2) is 42.5 Å². The number of ketones is 1. The predicted molar refractivity (Wildman–Crippen MR) is 139 cm³/mol. The summed E-state index contributed by atoms with van der Waals surface area (Å²) in [6, 6.07) is 13.3. The zero-order valence-electron chi connectivity index (χ0n) is 21.3. The zero-order chi connectivity index (χ0) is 25.2. The lowest BCUT2D eigenvalue weighted by Gasteiger charge is -2.25. The topological polar surface area (TPSA) is 77.1 Å². The Morgan fingerprint density at radius 2 is 1.67 bits per heavy atom. The predicted octanol–water partition coefficient (Wildman–Crippen LogP) is 4.42. The normalized spacial score (nSPS) is 15.9. The van der Waals surface area contributed by atoms with E-state index in [0.717, 1.165) is 68.1 Å². The molecule has 194 valence electrons. The van der Waals surface area contributed by atoms with Crippen molar-refractivity contribution in [1.29, 1.82) is 0 Å². The van der Waals surface area contributed by atoms with Crippen molar-refractivity contribution < 1.29 is 23.8 Å². The van der Waals surface area contributed by atoms with E-state index in [1.54, 1.807) is 31.4 Å². The van der Waals surface area contributed by atoms with E-state index in [-0.39, 0.29) is 17.7 Å². The van der Waals surface area contributed by atoms with Gasteiger partial charge in [-0.3, -0.25) is 9.59 Å². The number of fused-ring (bicyclic) bond motifs is 1. The van der Waals surface area contributed by atoms with Gasteiger partial charge >= 0.3 is 0 Å². The fraction of sp³-hybridized carbons (Fsp3) is 0.517. The standard InChI is InChI=1S/C29H38N2O5/c1-34-25-12-10-23(11-13-25)26(32)7-3-2-4-8-29(33)30-24(21-31-15-5-6-16-31)19-22-9-14-27-28(20-22)36-18-17-35-27/h9-14,20,24H,2-8,15-19,21H2,1H3,(H,30,33)/t24-/m0/s1. The molecule has 2 aliphatic rings. The Kier molecular flexibility index (Phi) is 9.61. The van der Waals surface area contributed by atoms with Crippen molar-refractivity contribution in [2.24, 2.45) is 0 Å². The Balaban J connectivity index is 1.22. The third kappa shape index (κ3) is 7.72. The molecule has 2 heterocycles. The molecule has 0 aromatic heterocycles. The molecule has 1 amide bonds. The molecule has 2 aliphatic heterocycles. The fourth-order valence-electron chi connectivity index (χ4n) is 4.91. The van der Waals surface area contributed by atoms with Crippen LogP contribution in [0.25, 0.3) is 0 Å². The van der Waals surface area contributed by atoms with Gasteiger partial charge in [-0.05, 0) is 87.2 Å². The van der Waals surface area contributed by atoms with Gasteiger partial charge in [0.25, 0.3) is 0 Å². The molecule has 36 heavy (non-hydrogen) atoms. The molecule has 0 saturated carbocycles. The smallest absolute Gasteiger partial charge is 0.220 e. The number of benzene rings is 2. The van der Waals surface area contributed by atoms with E-state index in [1.165, 1.54) is 12.8 Å². The minimum Gasteiger partial charge on any atom is -0.497 e. The molecule has 0 aliphatic carbocycles. The number of hydrogen-bond acceptors (Lipinski definition) is 6. The van der Waals surface area contributed by atoms with E-state index in [9.17, 15) is 9.59 Å². The van der Waals surface area contributed by atoms with Gasteiger partial charge in [-0.15, -0.1) is 0 Å². The second-order valence-electron chi connectivity index (χ2n) is 9.67. The van der Waals surface area contributed by atoms with Gasteiger partial charge in [0, 0.05) is 31.0 Å². The average molecular weight is 495 g/mol. The van der Waals surface area contributed by atoms with Crippen molar-refractivity contribution in [2.45, 2.75) is 57.4 Å². The summed E-state index contributed by atoms with van der Waals surface area (Å²) in [6.45, 7) is 4.19. The van der Waals surface area contributed by atoms with Crippen LogP contribution in [0.5, 0.6) is 17.2 Å². The Hall–Kier alpha value is -3.06. The lowest BCUT2D eigenvalue weighted by molar-refractivity contribution is -0.122. The third-order valence-electron chi connectivity index (χ3n) is 6.85. The summed E-state index contributed by atoms with van der Waals surface area (Å²) in [5.74, 6) is 2.53. The van der Waals surface area contributed by atoms with E-state index in [4.69, 9.17) is 14.2 Å². The number of hydrogen-bond donors (Lipinski definition) is 1. The average Bonchev–Trinajstić information content (AvgIpc) is 3.41. The maximum Gasteiger partial charge on any atom is 0.220 e. The van der Waals surface area contributed by atoms with Crippen molar-refractivity contribution in [3.8, 4) is 17.2 Å². The van der Waals surface area contributed by atoms with Crippen molar-refractivity contribution in [2.75, 3.05) is 40.0 Å². The molecule has 4 rings (SSSR count). The summed E-state index contributed by atoms with van der Waals surface area (Å²) < 4.78 is 16.5. The van der Waals surface area contributed by atoms with Gasteiger partial charge in [0.05, 0.1) is 7.11 Å². The monoisotopic (exact) mass is 494 g/mol. The second kappa shape index (κ2) is 13.3. The SMILES string of the molecule is COc1ccc(C(=O)CCCCCC(=O)N[C@@H](Cc2ccc3c(c2)OCCO3)CN2CCCC2)cc1. The first-order chi connectivity index (χ1) is 17.6. The Bertz CT molecular complexity index is 1000. The van der Waals surface area contributed by atoms with Crippen LogP contribution in [0, 0.1) is 0 Å². The largest absolute Gasteiger partial charge is 0.497 e. The lowest BCUT2D eigenvalue weighted by Crippen LogP contribution is -2.44. The summed E-state index contributed by atoms with van der Waals surface area (Å²) in [6.07, 6.45) is 6.60. The van der Waals surface area contributed by atoms with E-state index >= 15 is 0 Å². The highest BCUT2D eigenvalue weighted by atomic mass is 16.6. The summed E-state index contributed by atoms with van der Waals surface area (Å²) >= 11 is 0. The number of ether oxygens (including phenoxy) is 3. The molecule has 7 heteroatoms. The van der Waals surface area contributed by atoms with Gasteiger partial charge in [0.1, 0.15) is 19.0 Å².